The van der Waals surface area contributed by atoms with Gasteiger partial charge in [0.25, 0.3) is 0 Å². The zero-order valence-electron chi connectivity index (χ0n) is 9.87. The zero-order valence-corrected chi connectivity index (χ0v) is 11.4. The molecule has 0 fully saturated rings. The van der Waals surface area contributed by atoms with Crippen molar-refractivity contribution in [2.24, 2.45) is 7.05 Å². The van der Waals surface area contributed by atoms with E-state index < -0.39 is 5.97 Å². The molecule has 0 atom stereocenters. The second kappa shape index (κ2) is 5.50. The number of carboxylic acids is 1. The van der Waals surface area contributed by atoms with Gasteiger partial charge in [0, 0.05) is 12.6 Å². The molecule has 0 unspecified atom stereocenters. The Balaban J connectivity index is 2.36. The molecule has 0 amide bonds. The van der Waals surface area contributed by atoms with Crippen LogP contribution in [0, 0.1) is 0 Å². The predicted molar refractivity (Wildman–Crippen MR) is 71.5 cm³/mol. The number of rotatable bonds is 4. The SMILES string of the molecule is Cn1c(SCC(=O)O)nnc1-c1cc(O)ccc1Cl. The van der Waals surface area contributed by atoms with Gasteiger partial charge in [-0.1, -0.05) is 23.4 Å². The van der Waals surface area contributed by atoms with Crippen LogP contribution in [-0.2, 0) is 11.8 Å². The number of phenols is 1. The molecule has 2 rings (SSSR count). The summed E-state index contributed by atoms with van der Waals surface area (Å²) >= 11 is 7.11. The molecule has 0 bridgehead atoms. The number of halogens is 1. The van der Waals surface area contributed by atoms with Gasteiger partial charge in [-0.15, -0.1) is 10.2 Å². The van der Waals surface area contributed by atoms with Crippen LogP contribution in [0.4, 0.5) is 0 Å². The highest BCUT2D eigenvalue weighted by atomic mass is 35.5. The molecule has 19 heavy (non-hydrogen) atoms. The van der Waals surface area contributed by atoms with Crippen LogP contribution in [0.3, 0.4) is 0 Å². The molecule has 6 nitrogen and oxygen atoms in total. The highest BCUT2D eigenvalue weighted by Gasteiger charge is 2.15. The van der Waals surface area contributed by atoms with Crippen molar-refractivity contribution in [2.75, 3.05) is 5.75 Å². The first-order chi connectivity index (χ1) is 8.99. The Bertz CT molecular complexity index is 630. The number of aliphatic carboxylic acids is 1. The van der Waals surface area contributed by atoms with Gasteiger partial charge in [-0.05, 0) is 18.2 Å². The first-order valence-corrected chi connectivity index (χ1v) is 6.58. The molecule has 2 aromatic rings. The maximum atomic E-state index is 10.5. The average Bonchev–Trinajstić information content (AvgIpc) is 2.71. The molecule has 1 aromatic carbocycles. The van der Waals surface area contributed by atoms with E-state index in [1.54, 1.807) is 17.7 Å². The standard InChI is InChI=1S/C11H10ClN3O3S/c1-15-10(7-4-6(16)2-3-8(7)12)13-14-11(15)19-5-9(17)18/h2-4,16H,5H2,1H3,(H,17,18). The normalized spacial score (nSPS) is 10.6. The second-order valence-corrected chi connectivity index (χ2v) is 5.06. The van der Waals surface area contributed by atoms with Gasteiger partial charge < -0.3 is 14.8 Å². The van der Waals surface area contributed by atoms with Crippen molar-refractivity contribution in [3.05, 3.63) is 23.2 Å². The van der Waals surface area contributed by atoms with Crippen LogP contribution in [0.15, 0.2) is 23.4 Å². The lowest BCUT2D eigenvalue weighted by Gasteiger charge is -2.05. The summed E-state index contributed by atoms with van der Waals surface area (Å²) in [5.41, 5.74) is 0.541. The molecule has 0 aliphatic carbocycles. The molecule has 0 radical (unpaired) electrons. The second-order valence-electron chi connectivity index (χ2n) is 3.71. The van der Waals surface area contributed by atoms with Crippen molar-refractivity contribution < 1.29 is 15.0 Å². The lowest BCUT2D eigenvalue weighted by atomic mass is 10.2. The minimum absolute atomic E-state index is 0.0714. The third-order valence-corrected chi connectivity index (χ3v) is 3.69. The number of aromatic nitrogens is 3. The van der Waals surface area contributed by atoms with Gasteiger partial charge in [-0.3, -0.25) is 4.79 Å². The summed E-state index contributed by atoms with van der Waals surface area (Å²) in [7, 11) is 1.71. The van der Waals surface area contributed by atoms with Crippen LogP contribution in [0.25, 0.3) is 11.4 Å². The van der Waals surface area contributed by atoms with Gasteiger partial charge in [0.2, 0.25) is 0 Å². The van der Waals surface area contributed by atoms with E-state index >= 15 is 0 Å². The van der Waals surface area contributed by atoms with Crippen molar-refractivity contribution in [3.63, 3.8) is 0 Å². The maximum absolute atomic E-state index is 10.5. The summed E-state index contributed by atoms with van der Waals surface area (Å²) in [4.78, 5) is 10.5. The molecule has 1 aromatic heterocycles. The smallest absolute Gasteiger partial charge is 0.313 e. The fraction of sp³-hybridized carbons (Fsp3) is 0.182. The van der Waals surface area contributed by atoms with Gasteiger partial charge in [0.1, 0.15) is 5.75 Å². The summed E-state index contributed by atoms with van der Waals surface area (Å²) in [6.07, 6.45) is 0. The molecule has 1 heterocycles. The summed E-state index contributed by atoms with van der Waals surface area (Å²) in [6.45, 7) is 0. The minimum Gasteiger partial charge on any atom is -0.508 e. The predicted octanol–water partition coefficient (Wildman–Crippen LogP) is 2.02. The van der Waals surface area contributed by atoms with Crippen molar-refractivity contribution >= 4 is 29.3 Å². The van der Waals surface area contributed by atoms with E-state index in [9.17, 15) is 9.90 Å². The van der Waals surface area contributed by atoms with E-state index in [0.29, 0.717) is 21.6 Å². The number of nitrogens with zero attached hydrogens (tertiary/aromatic N) is 3. The Hall–Kier alpha value is -1.73. The quantitative estimate of drug-likeness (QED) is 0.840. The van der Waals surface area contributed by atoms with Crippen LogP contribution in [-0.4, -0.2) is 36.7 Å². The fourth-order valence-corrected chi connectivity index (χ4v) is 2.32. The van der Waals surface area contributed by atoms with Gasteiger partial charge in [-0.25, -0.2) is 0 Å². The first kappa shape index (κ1) is 13.7. The number of hydrogen-bond donors (Lipinski definition) is 2. The molecule has 100 valence electrons. The third-order valence-electron chi connectivity index (χ3n) is 2.35. The number of benzene rings is 1. The first-order valence-electron chi connectivity index (χ1n) is 5.22. The average molecular weight is 300 g/mol. The van der Waals surface area contributed by atoms with Crippen molar-refractivity contribution in [3.8, 4) is 17.1 Å². The van der Waals surface area contributed by atoms with Crippen molar-refractivity contribution in [1.29, 1.82) is 0 Å². The Morgan fingerprint density at radius 2 is 2.21 bits per heavy atom. The van der Waals surface area contributed by atoms with Crippen LogP contribution >= 0.6 is 23.4 Å². The molecule has 0 aliphatic rings. The minimum atomic E-state index is -0.926. The Morgan fingerprint density at radius 1 is 1.47 bits per heavy atom. The lowest BCUT2D eigenvalue weighted by Crippen LogP contribution is -2.01. The summed E-state index contributed by atoms with van der Waals surface area (Å²) in [6, 6.07) is 4.52. The molecular formula is C11H10ClN3O3S. The largest absolute Gasteiger partial charge is 0.508 e. The summed E-state index contributed by atoms with van der Waals surface area (Å²) < 4.78 is 1.63. The zero-order chi connectivity index (χ0) is 14.0. The van der Waals surface area contributed by atoms with Gasteiger partial charge in [0.05, 0.1) is 10.8 Å². The number of carbonyl (C=O) groups is 1. The Morgan fingerprint density at radius 3 is 2.89 bits per heavy atom. The van der Waals surface area contributed by atoms with Crippen LogP contribution in [0.5, 0.6) is 5.75 Å². The number of hydrogen-bond acceptors (Lipinski definition) is 5. The highest BCUT2D eigenvalue weighted by Crippen LogP contribution is 2.31. The van der Waals surface area contributed by atoms with E-state index in [0.717, 1.165) is 11.8 Å². The van der Waals surface area contributed by atoms with Crippen molar-refractivity contribution in [1.82, 2.24) is 14.8 Å². The number of thioether (sulfide) groups is 1. The van der Waals surface area contributed by atoms with Gasteiger partial charge in [0.15, 0.2) is 11.0 Å². The third kappa shape index (κ3) is 2.99. The molecule has 8 heteroatoms. The lowest BCUT2D eigenvalue weighted by molar-refractivity contribution is -0.133. The molecular weight excluding hydrogens is 290 g/mol. The van der Waals surface area contributed by atoms with Crippen LogP contribution in [0.2, 0.25) is 5.02 Å². The highest BCUT2D eigenvalue weighted by molar-refractivity contribution is 7.99. The number of carboxylic acid groups (broad SMARTS) is 1. The maximum Gasteiger partial charge on any atom is 0.313 e. The molecule has 0 aliphatic heterocycles. The van der Waals surface area contributed by atoms with E-state index in [-0.39, 0.29) is 11.5 Å². The number of phenolic OH excluding ortho intramolecular Hbond substituents is 1. The van der Waals surface area contributed by atoms with E-state index in [4.69, 9.17) is 16.7 Å². The van der Waals surface area contributed by atoms with Gasteiger partial charge in [-0.2, -0.15) is 0 Å². The summed E-state index contributed by atoms with van der Waals surface area (Å²) in [5.74, 6) is -0.486. The molecule has 0 spiro atoms. The monoisotopic (exact) mass is 299 g/mol. The Kier molecular flexibility index (Phi) is 3.96. The topological polar surface area (TPSA) is 88.2 Å². The molecule has 0 saturated heterocycles. The summed E-state index contributed by atoms with van der Waals surface area (Å²) in [5, 5.41) is 26.9. The van der Waals surface area contributed by atoms with Crippen molar-refractivity contribution in [2.45, 2.75) is 5.16 Å². The van der Waals surface area contributed by atoms with E-state index in [1.165, 1.54) is 12.1 Å². The number of aromatic hydroxyl groups is 1. The van der Waals surface area contributed by atoms with Crippen LogP contribution in [0.1, 0.15) is 0 Å². The van der Waals surface area contributed by atoms with Crippen LogP contribution < -0.4 is 0 Å². The van der Waals surface area contributed by atoms with E-state index in [2.05, 4.69) is 10.2 Å². The Labute approximate surface area is 118 Å². The fourth-order valence-electron chi connectivity index (χ4n) is 1.49. The van der Waals surface area contributed by atoms with Gasteiger partial charge >= 0.3 is 5.97 Å². The molecule has 2 N–H and O–H groups in total. The molecule has 0 saturated carbocycles. The van der Waals surface area contributed by atoms with E-state index in [1.807, 2.05) is 0 Å².